The van der Waals surface area contributed by atoms with Gasteiger partial charge >= 0.3 is 13.6 Å². The molecule has 0 aliphatic carbocycles. The van der Waals surface area contributed by atoms with E-state index in [4.69, 9.17) is 34.5 Å². The van der Waals surface area contributed by atoms with Gasteiger partial charge in [0.05, 0.1) is 38.5 Å². The van der Waals surface area contributed by atoms with Crippen molar-refractivity contribution in [2.75, 3.05) is 24.7 Å². The number of hydrogen-bond acceptors (Lipinski definition) is 15. The van der Waals surface area contributed by atoms with Gasteiger partial charge in [-0.1, -0.05) is 24.5 Å². The normalized spacial score (nSPS) is 29.4. The monoisotopic (exact) mass is 726 g/mol. The zero-order valence-electron chi connectivity index (χ0n) is 23.1. The number of alkyl halides is 2. The number of ether oxygens (including phenoxy) is 2. The van der Waals surface area contributed by atoms with Crippen LogP contribution in [0.4, 0.5) is 20.5 Å². The van der Waals surface area contributed by atoms with Gasteiger partial charge in [-0.05, 0) is 0 Å². The summed E-state index contributed by atoms with van der Waals surface area (Å²) in [6, 6.07) is 0. The molecule has 4 aromatic rings. The van der Waals surface area contributed by atoms with E-state index in [0.717, 1.165) is 10.9 Å². The van der Waals surface area contributed by atoms with Crippen molar-refractivity contribution in [3.8, 4) is 0 Å². The van der Waals surface area contributed by atoms with Crippen molar-refractivity contribution in [1.29, 1.82) is 0 Å². The second-order valence-electron chi connectivity index (χ2n) is 10.3. The largest absolute Gasteiger partial charge is 0.386 e. The Kier molecular flexibility index (Phi) is 9.17. The van der Waals surface area contributed by atoms with Gasteiger partial charge in [-0.25, -0.2) is 37.8 Å². The van der Waals surface area contributed by atoms with Gasteiger partial charge in [-0.3, -0.25) is 27.9 Å². The number of rotatable bonds is 11. The number of thiol groups is 2. The summed E-state index contributed by atoms with van der Waals surface area (Å²) in [6.07, 6.45) is -6.65. The van der Waals surface area contributed by atoms with E-state index in [1.54, 1.807) is 4.57 Å². The third kappa shape index (κ3) is 6.93. The fourth-order valence-electron chi connectivity index (χ4n) is 5.11. The van der Waals surface area contributed by atoms with E-state index in [-0.39, 0.29) is 35.9 Å². The van der Waals surface area contributed by atoms with E-state index in [0.29, 0.717) is 11.2 Å². The van der Waals surface area contributed by atoms with Crippen LogP contribution in [0.5, 0.6) is 0 Å². The first-order valence-corrected chi connectivity index (χ1v) is 18.7. The van der Waals surface area contributed by atoms with Crippen molar-refractivity contribution < 1.29 is 45.8 Å². The summed E-state index contributed by atoms with van der Waals surface area (Å²) in [5.41, 5.74) is 11.2. The molecule has 0 aromatic carbocycles. The molecule has 0 amide bonds. The van der Waals surface area contributed by atoms with Crippen LogP contribution in [-0.2, 0) is 38.7 Å². The van der Waals surface area contributed by atoms with Gasteiger partial charge in [-0.2, -0.15) is 4.98 Å². The number of fused-ring (bicyclic) bond motifs is 2. The molecule has 46 heavy (non-hydrogen) atoms. The zero-order chi connectivity index (χ0) is 33.0. The summed E-state index contributed by atoms with van der Waals surface area (Å²) >= 11 is 7.37. The number of nitrogens with one attached hydrogen (secondary N) is 1. The quantitative estimate of drug-likeness (QED) is 0.0941. The average Bonchev–Trinajstić information content (AvgIpc) is 3.73. The summed E-state index contributed by atoms with van der Waals surface area (Å²) < 4.78 is 85.2. The number of nitrogen functional groups attached to an aromatic ring is 2. The molecule has 2 fully saturated rings. The number of aromatic nitrogens is 8. The predicted molar refractivity (Wildman–Crippen MR) is 161 cm³/mol. The first kappa shape index (κ1) is 33.2. The van der Waals surface area contributed by atoms with Crippen molar-refractivity contribution >= 4 is 72.2 Å². The Hall–Kier alpha value is -2.72. The molecule has 2 unspecified atom stereocenters. The highest BCUT2D eigenvalue weighted by Crippen LogP contribution is 2.57. The molecule has 2 aliphatic heterocycles. The van der Waals surface area contributed by atoms with E-state index in [9.17, 15) is 23.2 Å². The molecular formula is C21H26F2N10O9P2S2. The third-order valence-electron chi connectivity index (χ3n) is 7.14. The second-order valence-corrected chi connectivity index (χ2v) is 15.9. The molecule has 250 valence electrons. The molecule has 2 aliphatic rings. The second kappa shape index (κ2) is 12.7. The third-order valence-corrected chi connectivity index (χ3v) is 9.59. The molecule has 2 saturated heterocycles. The van der Waals surface area contributed by atoms with Crippen LogP contribution >= 0.6 is 38.1 Å². The molecule has 0 spiro atoms. The molecule has 0 bridgehead atoms. The molecule has 19 nitrogen and oxygen atoms in total. The minimum Gasteiger partial charge on any atom is -0.382 e. The van der Waals surface area contributed by atoms with Crippen LogP contribution in [0.3, 0.4) is 0 Å². The average molecular weight is 727 g/mol. The molecular weight excluding hydrogens is 700 g/mol. The van der Waals surface area contributed by atoms with Crippen molar-refractivity contribution in [2.45, 2.75) is 56.0 Å². The molecule has 9 atom stereocenters. The smallest absolute Gasteiger partial charge is 0.382 e. The van der Waals surface area contributed by atoms with Crippen molar-refractivity contribution in [3.63, 3.8) is 0 Å². The Bertz CT molecular complexity index is 1910. The maximum Gasteiger partial charge on any atom is 0.386 e. The van der Waals surface area contributed by atoms with E-state index < -0.39 is 75.4 Å². The number of hydrogen-bond donors (Lipinski definition) is 6. The highest BCUT2D eigenvalue weighted by molar-refractivity contribution is 8.44. The lowest BCUT2D eigenvalue weighted by Crippen LogP contribution is -2.32. The standard InChI is InChI=1S/C21H26F2N10O9P2S2/c22-9-1-8(40-10(9)2-32-6-28-13-16(24)26-5-27-17(13)32)3-39-44(37,46)42-15-12(23)11(4-38-43(35,36)45)41-20(15)33-7-29-14-18(33)30-21(25)31-19(14)34/h5-12,15,20H,1-4H2,(H,37,46)(H2,24,26,27)(H2,35,36,45)(H3,25,30,31,34)/t8-,9-,10-,11+,12+,15-,20+,44?/m0/s1. The van der Waals surface area contributed by atoms with Gasteiger partial charge in [0.15, 0.2) is 35.0 Å². The van der Waals surface area contributed by atoms with E-state index in [2.05, 4.69) is 54.4 Å². The molecule has 25 heteroatoms. The molecule has 6 rings (SSSR count). The van der Waals surface area contributed by atoms with Gasteiger partial charge in [-0.15, -0.1) is 0 Å². The van der Waals surface area contributed by atoms with E-state index in [1.807, 2.05) is 0 Å². The van der Waals surface area contributed by atoms with Crippen molar-refractivity contribution in [1.82, 2.24) is 39.0 Å². The molecule has 0 radical (unpaired) electrons. The summed E-state index contributed by atoms with van der Waals surface area (Å²) in [5.74, 6) is -0.121. The molecule has 6 N–H and O–H groups in total. The SMILES string of the molecule is Nc1nc2c(ncn2[C@@H]2O[C@H](COP(=O)(O)S)[C@@H](F)[C@@H]2OP(=O)(S)OC[C@@H]2C[C@H](F)[C@H](Cn3cnc4c(N)ncnc43)O2)c(=O)[nH]1. The van der Waals surface area contributed by atoms with Crippen LogP contribution in [0.2, 0.25) is 0 Å². The van der Waals surface area contributed by atoms with Crippen LogP contribution in [0.1, 0.15) is 12.6 Å². The highest BCUT2D eigenvalue weighted by atomic mass is 32.7. The maximum absolute atomic E-state index is 15.7. The summed E-state index contributed by atoms with van der Waals surface area (Å²) in [5, 5.41) is 0. The van der Waals surface area contributed by atoms with Crippen LogP contribution in [0.15, 0.2) is 23.8 Å². The van der Waals surface area contributed by atoms with E-state index >= 15 is 4.39 Å². The first-order valence-electron chi connectivity index (χ1n) is 13.3. The van der Waals surface area contributed by atoms with Gasteiger partial charge in [0.25, 0.3) is 5.56 Å². The molecule has 0 saturated carbocycles. The summed E-state index contributed by atoms with van der Waals surface area (Å²) in [6.45, 7) is -9.98. The number of H-pyrrole nitrogens is 1. The lowest BCUT2D eigenvalue weighted by molar-refractivity contribution is -0.0450. The Balaban J connectivity index is 1.15. The summed E-state index contributed by atoms with van der Waals surface area (Å²) in [4.78, 5) is 44.0. The fraction of sp³-hybridized carbons (Fsp3) is 0.524. The zero-order valence-corrected chi connectivity index (χ0v) is 26.7. The minimum atomic E-state index is -4.44. The molecule has 4 aromatic heterocycles. The van der Waals surface area contributed by atoms with Gasteiger partial charge in [0, 0.05) is 6.42 Å². The lowest BCUT2D eigenvalue weighted by atomic mass is 10.1. The van der Waals surface area contributed by atoms with Gasteiger partial charge in [0.2, 0.25) is 5.95 Å². The Labute approximate surface area is 266 Å². The minimum absolute atomic E-state index is 0.0288. The first-order chi connectivity index (χ1) is 21.7. The highest BCUT2D eigenvalue weighted by Gasteiger charge is 2.51. The van der Waals surface area contributed by atoms with Crippen molar-refractivity contribution in [2.24, 2.45) is 0 Å². The Morgan fingerprint density at radius 2 is 1.80 bits per heavy atom. The number of anilines is 2. The van der Waals surface area contributed by atoms with E-state index in [1.165, 1.54) is 12.7 Å². The lowest BCUT2D eigenvalue weighted by Gasteiger charge is -2.24. The maximum atomic E-state index is 15.7. The van der Waals surface area contributed by atoms with Gasteiger partial charge in [0.1, 0.15) is 36.3 Å². The van der Waals surface area contributed by atoms with Crippen molar-refractivity contribution in [3.05, 3.63) is 29.3 Å². The van der Waals surface area contributed by atoms with Gasteiger partial charge < -0.3 is 30.4 Å². The number of aromatic amines is 1. The van der Waals surface area contributed by atoms with Crippen LogP contribution in [0, 0.1) is 0 Å². The number of nitrogens with two attached hydrogens (primary N) is 2. The summed E-state index contributed by atoms with van der Waals surface area (Å²) in [7, 11) is 0. The topological polar surface area (TPSA) is 260 Å². The Morgan fingerprint density at radius 1 is 1.04 bits per heavy atom. The fourth-order valence-corrected chi connectivity index (χ4v) is 7.12. The number of imidazole rings is 2. The van der Waals surface area contributed by atoms with Crippen LogP contribution < -0.4 is 17.0 Å². The van der Waals surface area contributed by atoms with Crippen LogP contribution in [-0.4, -0.2) is 93.9 Å². The number of nitrogens with zero attached hydrogens (tertiary/aromatic N) is 7. The predicted octanol–water partition coefficient (Wildman–Crippen LogP) is 1.34. The number of halogens is 2. The Morgan fingerprint density at radius 3 is 2.57 bits per heavy atom. The molecule has 6 heterocycles. The van der Waals surface area contributed by atoms with Crippen LogP contribution in [0.25, 0.3) is 22.3 Å².